The van der Waals surface area contributed by atoms with Gasteiger partial charge in [0.15, 0.2) is 0 Å². The van der Waals surface area contributed by atoms with E-state index in [0.29, 0.717) is 16.2 Å². The van der Waals surface area contributed by atoms with Crippen molar-refractivity contribution in [2.45, 2.75) is 6.92 Å². The van der Waals surface area contributed by atoms with Crippen molar-refractivity contribution in [2.24, 2.45) is 0 Å². The van der Waals surface area contributed by atoms with Crippen LogP contribution >= 0.6 is 0 Å². The van der Waals surface area contributed by atoms with Crippen LogP contribution in [0.15, 0.2) is 54.6 Å². The maximum Gasteiger partial charge on any atom is 0.338 e. The number of carbonyl (C=O) groups is 4. The lowest BCUT2D eigenvalue weighted by atomic mass is 10.2. The van der Waals surface area contributed by atoms with Crippen molar-refractivity contribution in [2.75, 3.05) is 18.1 Å². The molecule has 1 heterocycles. The smallest absolute Gasteiger partial charge is 0.338 e. The minimum atomic E-state index is -0.715. The van der Waals surface area contributed by atoms with Gasteiger partial charge in [0.2, 0.25) is 0 Å². The predicted molar refractivity (Wildman–Crippen MR) is 92.8 cm³/mol. The fraction of sp³-hybridized carbons (Fsp3) is 0.158. The number of urea groups is 1. The molecule has 0 bridgehead atoms. The summed E-state index contributed by atoms with van der Waals surface area (Å²) in [6.07, 6.45) is 0. The van der Waals surface area contributed by atoms with E-state index in [1.54, 1.807) is 37.3 Å². The largest absolute Gasteiger partial charge is 0.462 e. The zero-order valence-electron chi connectivity index (χ0n) is 14.0. The molecule has 7 heteroatoms. The first-order valence-electron chi connectivity index (χ1n) is 8.04. The summed E-state index contributed by atoms with van der Waals surface area (Å²) in [5, 5.41) is 0. The van der Waals surface area contributed by atoms with Crippen LogP contribution in [0.3, 0.4) is 0 Å². The molecule has 3 rings (SSSR count). The molecular formula is C19H16N2O5. The third-order valence-electron chi connectivity index (χ3n) is 3.88. The number of carbonyl (C=O) groups excluding carboxylic acids is 4. The van der Waals surface area contributed by atoms with E-state index in [1.165, 1.54) is 29.2 Å². The Kier molecular flexibility index (Phi) is 4.79. The normalized spacial score (nSPS) is 13.9. The molecule has 1 aliphatic heterocycles. The molecule has 0 aliphatic carbocycles. The maximum absolute atomic E-state index is 12.6. The van der Waals surface area contributed by atoms with Gasteiger partial charge < -0.3 is 4.74 Å². The van der Waals surface area contributed by atoms with Crippen LogP contribution in [0, 0.1) is 0 Å². The topological polar surface area (TPSA) is 84.0 Å². The molecule has 0 atom stereocenters. The molecule has 7 nitrogen and oxygen atoms in total. The van der Waals surface area contributed by atoms with Crippen molar-refractivity contribution in [3.05, 3.63) is 65.7 Å². The summed E-state index contributed by atoms with van der Waals surface area (Å²) >= 11 is 0. The molecule has 4 amide bonds. The minimum Gasteiger partial charge on any atom is -0.462 e. The van der Waals surface area contributed by atoms with Gasteiger partial charge in [-0.1, -0.05) is 18.2 Å². The SMILES string of the molecule is CCOC(=O)c1ccc(N2CC(=O)N(C(=O)c3ccccc3)C2=O)cc1. The molecule has 0 radical (unpaired) electrons. The lowest BCUT2D eigenvalue weighted by molar-refractivity contribution is -0.123. The zero-order valence-corrected chi connectivity index (χ0v) is 14.0. The molecule has 2 aromatic carbocycles. The van der Waals surface area contributed by atoms with Crippen LogP contribution in [0.25, 0.3) is 0 Å². The summed E-state index contributed by atoms with van der Waals surface area (Å²) in [6, 6.07) is 13.5. The van der Waals surface area contributed by atoms with Crippen molar-refractivity contribution >= 4 is 29.5 Å². The Labute approximate surface area is 149 Å². The first-order valence-corrected chi connectivity index (χ1v) is 8.04. The molecule has 0 aromatic heterocycles. The second-order valence-electron chi connectivity index (χ2n) is 5.54. The number of hydrogen-bond donors (Lipinski definition) is 0. The minimum absolute atomic E-state index is 0.240. The highest BCUT2D eigenvalue weighted by atomic mass is 16.5. The summed E-state index contributed by atoms with van der Waals surface area (Å²) in [5.74, 6) is -1.73. The summed E-state index contributed by atoms with van der Waals surface area (Å²) in [4.78, 5) is 50.7. The van der Waals surface area contributed by atoms with Crippen LogP contribution in [0.2, 0.25) is 0 Å². The number of benzene rings is 2. The van der Waals surface area contributed by atoms with Crippen LogP contribution in [0.4, 0.5) is 10.5 Å². The van der Waals surface area contributed by atoms with Crippen LogP contribution in [-0.4, -0.2) is 41.9 Å². The fourth-order valence-corrected chi connectivity index (χ4v) is 2.60. The van der Waals surface area contributed by atoms with Gasteiger partial charge in [-0.05, 0) is 43.3 Å². The van der Waals surface area contributed by atoms with Gasteiger partial charge in [-0.25, -0.2) is 9.59 Å². The number of hydrogen-bond acceptors (Lipinski definition) is 5. The molecule has 0 saturated carbocycles. The summed E-state index contributed by atoms with van der Waals surface area (Å²) in [7, 11) is 0. The fourth-order valence-electron chi connectivity index (χ4n) is 2.60. The van der Waals surface area contributed by atoms with E-state index >= 15 is 0 Å². The summed E-state index contributed by atoms with van der Waals surface area (Å²) in [5.41, 5.74) is 1.01. The van der Waals surface area contributed by atoms with Gasteiger partial charge in [0.05, 0.1) is 12.2 Å². The number of imide groups is 3. The zero-order chi connectivity index (χ0) is 18.7. The maximum atomic E-state index is 12.6. The van der Waals surface area contributed by atoms with Gasteiger partial charge in [0.25, 0.3) is 11.8 Å². The molecule has 26 heavy (non-hydrogen) atoms. The second kappa shape index (κ2) is 7.18. The van der Waals surface area contributed by atoms with E-state index in [0.717, 1.165) is 0 Å². The third-order valence-corrected chi connectivity index (χ3v) is 3.88. The monoisotopic (exact) mass is 352 g/mol. The second-order valence-corrected chi connectivity index (χ2v) is 5.54. The Morgan fingerprint density at radius 3 is 2.23 bits per heavy atom. The van der Waals surface area contributed by atoms with Crippen LogP contribution in [0.1, 0.15) is 27.6 Å². The standard InChI is InChI=1S/C19H16N2O5/c1-2-26-18(24)14-8-10-15(11-9-14)20-12-16(22)21(19(20)25)17(23)13-6-4-3-5-7-13/h3-11H,2,12H2,1H3. The molecule has 1 fully saturated rings. The number of anilines is 1. The van der Waals surface area contributed by atoms with Gasteiger partial charge in [-0.3, -0.25) is 14.5 Å². The lowest BCUT2D eigenvalue weighted by Crippen LogP contribution is -2.38. The highest BCUT2D eigenvalue weighted by molar-refractivity contribution is 6.24. The molecule has 0 N–H and O–H groups in total. The highest BCUT2D eigenvalue weighted by Crippen LogP contribution is 2.23. The van der Waals surface area contributed by atoms with Gasteiger partial charge in [0, 0.05) is 11.3 Å². The van der Waals surface area contributed by atoms with Gasteiger partial charge in [0.1, 0.15) is 6.54 Å². The van der Waals surface area contributed by atoms with E-state index in [1.807, 2.05) is 0 Å². The molecule has 1 saturated heterocycles. The number of esters is 1. The van der Waals surface area contributed by atoms with Crippen molar-refractivity contribution in [3.63, 3.8) is 0 Å². The van der Waals surface area contributed by atoms with Crippen molar-refractivity contribution in [1.82, 2.24) is 4.90 Å². The Morgan fingerprint density at radius 1 is 0.962 bits per heavy atom. The number of nitrogens with zero attached hydrogens (tertiary/aromatic N) is 2. The van der Waals surface area contributed by atoms with Gasteiger partial charge in [-0.2, -0.15) is 4.90 Å². The average molecular weight is 352 g/mol. The molecule has 1 aliphatic rings. The van der Waals surface area contributed by atoms with Crippen molar-refractivity contribution < 1.29 is 23.9 Å². The first-order chi connectivity index (χ1) is 12.5. The Hall–Kier alpha value is -3.48. The van der Waals surface area contributed by atoms with Crippen LogP contribution in [0.5, 0.6) is 0 Å². The van der Waals surface area contributed by atoms with E-state index in [9.17, 15) is 19.2 Å². The predicted octanol–water partition coefficient (Wildman–Crippen LogP) is 2.47. The van der Waals surface area contributed by atoms with Crippen molar-refractivity contribution in [1.29, 1.82) is 0 Å². The van der Waals surface area contributed by atoms with E-state index in [2.05, 4.69) is 0 Å². The highest BCUT2D eigenvalue weighted by Gasteiger charge is 2.41. The molecule has 132 valence electrons. The number of amides is 4. The third kappa shape index (κ3) is 3.19. The summed E-state index contributed by atoms with van der Waals surface area (Å²) < 4.78 is 4.90. The molecular weight excluding hydrogens is 336 g/mol. The van der Waals surface area contributed by atoms with E-state index in [4.69, 9.17) is 4.74 Å². The lowest BCUT2D eigenvalue weighted by Gasteiger charge is -2.16. The Bertz CT molecular complexity index is 861. The molecule has 0 spiro atoms. The van der Waals surface area contributed by atoms with E-state index < -0.39 is 23.8 Å². The molecule has 2 aromatic rings. The van der Waals surface area contributed by atoms with E-state index in [-0.39, 0.29) is 18.7 Å². The van der Waals surface area contributed by atoms with Crippen LogP contribution < -0.4 is 4.90 Å². The summed E-state index contributed by atoms with van der Waals surface area (Å²) in [6.45, 7) is 1.73. The van der Waals surface area contributed by atoms with Gasteiger partial charge in [-0.15, -0.1) is 0 Å². The number of rotatable bonds is 4. The molecule has 0 unspecified atom stereocenters. The first kappa shape index (κ1) is 17.3. The Balaban J connectivity index is 1.80. The van der Waals surface area contributed by atoms with Gasteiger partial charge >= 0.3 is 12.0 Å². The average Bonchev–Trinajstić information content (AvgIpc) is 2.96. The van der Waals surface area contributed by atoms with Crippen molar-refractivity contribution in [3.8, 4) is 0 Å². The van der Waals surface area contributed by atoms with Crippen LogP contribution in [-0.2, 0) is 9.53 Å². The quantitative estimate of drug-likeness (QED) is 0.479. The number of ether oxygens (including phenoxy) is 1. The Morgan fingerprint density at radius 2 is 1.62 bits per heavy atom.